The fraction of sp³-hybridized carbons (Fsp3) is 0.414. The second kappa shape index (κ2) is 9.33. The van der Waals surface area contributed by atoms with E-state index in [4.69, 9.17) is 9.15 Å². The van der Waals surface area contributed by atoms with Crippen molar-refractivity contribution in [3.63, 3.8) is 0 Å². The molecule has 0 aliphatic carbocycles. The Bertz CT molecular complexity index is 1230. The normalized spacial score (nSPS) is 16.9. The third kappa shape index (κ3) is 4.88. The van der Waals surface area contributed by atoms with Gasteiger partial charge in [0.1, 0.15) is 11.4 Å². The molecule has 0 unspecified atom stereocenters. The maximum absolute atomic E-state index is 12.9. The van der Waals surface area contributed by atoms with Gasteiger partial charge in [-0.3, -0.25) is 9.59 Å². The minimum atomic E-state index is -0.501. The van der Waals surface area contributed by atoms with Crippen molar-refractivity contribution in [2.75, 3.05) is 13.1 Å². The molecule has 2 aromatic carbocycles. The lowest BCUT2D eigenvalue weighted by Gasteiger charge is -2.44. The Morgan fingerprint density at radius 3 is 2.57 bits per heavy atom. The van der Waals surface area contributed by atoms with Gasteiger partial charge in [-0.1, -0.05) is 49.7 Å². The van der Waals surface area contributed by atoms with E-state index in [1.165, 1.54) is 5.56 Å². The zero-order chi connectivity index (χ0) is 24.6. The van der Waals surface area contributed by atoms with Crippen LogP contribution in [0, 0.1) is 6.92 Å². The molecule has 1 aromatic heterocycles. The molecule has 0 atom stereocenters. The molecule has 0 saturated carbocycles. The molecular weight excluding hydrogens is 440 g/mol. The number of piperidine rings is 1. The van der Waals surface area contributed by atoms with Crippen LogP contribution in [0.5, 0.6) is 5.75 Å². The summed E-state index contributed by atoms with van der Waals surface area (Å²) in [5.74, 6) is 2.66. The van der Waals surface area contributed by atoms with Crippen LogP contribution in [0.15, 0.2) is 53.1 Å². The lowest BCUT2D eigenvalue weighted by atomic mass is 9.82. The van der Waals surface area contributed by atoms with E-state index in [0.29, 0.717) is 68.3 Å². The topological polar surface area (TPSA) is 72.6 Å². The average molecular weight is 473 g/mol. The number of aryl methyl sites for hydroxylation is 2. The number of Topliss-reactive ketones (excluding diaryl/α,β-unsaturated/α-hetero) is 1. The molecule has 2 aliphatic rings. The number of fused-ring (bicyclic) bond motifs is 1. The number of hydrogen-bond donors (Lipinski definition) is 0. The van der Waals surface area contributed by atoms with Crippen molar-refractivity contribution in [1.82, 2.24) is 9.88 Å². The average Bonchev–Trinajstić information content (AvgIpc) is 3.33. The molecule has 1 spiro atoms. The summed E-state index contributed by atoms with van der Waals surface area (Å²) in [7, 11) is 0. The number of ketones is 1. The standard InChI is InChI=1S/C29H32N2O4/c1-19(2)21-5-7-22(8-6-21)26-18-30-27(34-26)10-11-28(33)31-14-12-29(13-15-31)17-24(32)23-16-20(3)4-9-25(23)35-29/h4-9,16,18-19H,10-15,17H2,1-3H3. The third-order valence-electron chi connectivity index (χ3n) is 7.24. The maximum atomic E-state index is 12.9. The number of benzene rings is 2. The second-order valence-electron chi connectivity index (χ2n) is 10.2. The highest BCUT2D eigenvalue weighted by atomic mass is 16.5. The minimum absolute atomic E-state index is 0.0825. The number of carbonyl (C=O) groups is 2. The van der Waals surface area contributed by atoms with Crippen LogP contribution in [0.25, 0.3) is 11.3 Å². The second-order valence-corrected chi connectivity index (χ2v) is 10.2. The largest absolute Gasteiger partial charge is 0.486 e. The van der Waals surface area contributed by atoms with E-state index in [-0.39, 0.29) is 11.7 Å². The predicted octanol–water partition coefficient (Wildman–Crippen LogP) is 5.73. The van der Waals surface area contributed by atoms with Gasteiger partial charge in [0.2, 0.25) is 5.91 Å². The van der Waals surface area contributed by atoms with Crippen LogP contribution in [0.1, 0.15) is 72.8 Å². The summed E-state index contributed by atoms with van der Waals surface area (Å²) in [5.41, 5.74) is 3.50. The predicted molar refractivity (Wildman–Crippen MR) is 134 cm³/mol. The van der Waals surface area contributed by atoms with E-state index in [0.717, 1.165) is 16.9 Å². The molecule has 0 N–H and O–H groups in total. The van der Waals surface area contributed by atoms with Crippen molar-refractivity contribution in [2.45, 2.75) is 64.4 Å². The van der Waals surface area contributed by atoms with E-state index in [1.54, 1.807) is 6.20 Å². The highest BCUT2D eigenvalue weighted by Gasteiger charge is 2.43. The van der Waals surface area contributed by atoms with Gasteiger partial charge in [-0.05, 0) is 30.5 Å². The van der Waals surface area contributed by atoms with E-state index in [9.17, 15) is 9.59 Å². The number of rotatable bonds is 5. The zero-order valence-corrected chi connectivity index (χ0v) is 20.7. The molecule has 1 fully saturated rings. The SMILES string of the molecule is Cc1ccc2c(c1)C(=O)CC1(CCN(C(=O)CCc3ncc(-c4ccc(C(C)C)cc4)o3)CC1)O2. The molecule has 2 aliphatic heterocycles. The van der Waals surface area contributed by atoms with Crippen molar-refractivity contribution in [2.24, 2.45) is 0 Å². The molecule has 35 heavy (non-hydrogen) atoms. The first-order valence-electron chi connectivity index (χ1n) is 12.5. The van der Waals surface area contributed by atoms with Gasteiger partial charge in [0.25, 0.3) is 0 Å². The highest BCUT2D eigenvalue weighted by Crippen LogP contribution is 2.39. The van der Waals surface area contributed by atoms with Gasteiger partial charge in [0.05, 0.1) is 18.2 Å². The van der Waals surface area contributed by atoms with Gasteiger partial charge in [-0.15, -0.1) is 0 Å². The summed E-state index contributed by atoms with van der Waals surface area (Å²) in [4.78, 5) is 31.9. The number of likely N-dealkylation sites (tertiary alicyclic amines) is 1. The first-order valence-corrected chi connectivity index (χ1v) is 12.5. The Labute approximate surface area is 206 Å². The molecule has 3 heterocycles. The van der Waals surface area contributed by atoms with E-state index < -0.39 is 5.60 Å². The van der Waals surface area contributed by atoms with E-state index >= 15 is 0 Å². The van der Waals surface area contributed by atoms with E-state index in [2.05, 4.69) is 31.0 Å². The van der Waals surface area contributed by atoms with E-state index in [1.807, 2.05) is 42.2 Å². The maximum Gasteiger partial charge on any atom is 0.223 e. The molecule has 182 valence electrons. The zero-order valence-electron chi connectivity index (χ0n) is 20.7. The van der Waals surface area contributed by atoms with Gasteiger partial charge in [0.15, 0.2) is 17.4 Å². The highest BCUT2D eigenvalue weighted by molar-refractivity contribution is 6.00. The number of carbonyl (C=O) groups excluding carboxylic acids is 2. The molecule has 6 nitrogen and oxygen atoms in total. The number of aromatic nitrogens is 1. The van der Waals surface area contributed by atoms with Crippen LogP contribution >= 0.6 is 0 Å². The Kier molecular flexibility index (Phi) is 6.22. The number of hydrogen-bond acceptors (Lipinski definition) is 5. The first-order chi connectivity index (χ1) is 16.8. The summed E-state index contributed by atoms with van der Waals surface area (Å²) in [5, 5.41) is 0. The molecule has 0 radical (unpaired) electrons. The summed E-state index contributed by atoms with van der Waals surface area (Å²) >= 11 is 0. The Hall–Kier alpha value is -3.41. The van der Waals surface area contributed by atoms with Gasteiger partial charge in [-0.2, -0.15) is 0 Å². The van der Waals surface area contributed by atoms with Crippen LogP contribution in [-0.4, -0.2) is 40.3 Å². The molecule has 1 saturated heterocycles. The summed E-state index contributed by atoms with van der Waals surface area (Å²) in [6, 6.07) is 14.1. The fourth-order valence-corrected chi connectivity index (χ4v) is 5.01. The van der Waals surface area contributed by atoms with Crippen molar-refractivity contribution in [3.05, 3.63) is 71.2 Å². The lowest BCUT2D eigenvalue weighted by molar-refractivity contribution is -0.134. The van der Waals surface area contributed by atoms with Crippen LogP contribution in [0.2, 0.25) is 0 Å². The number of amides is 1. The van der Waals surface area contributed by atoms with Gasteiger partial charge >= 0.3 is 0 Å². The number of nitrogens with zero attached hydrogens (tertiary/aromatic N) is 2. The van der Waals surface area contributed by atoms with Gasteiger partial charge in [0, 0.05) is 44.3 Å². The quantitative estimate of drug-likeness (QED) is 0.474. The van der Waals surface area contributed by atoms with Crippen LogP contribution in [0.4, 0.5) is 0 Å². The van der Waals surface area contributed by atoms with Gasteiger partial charge < -0.3 is 14.1 Å². The fourth-order valence-electron chi connectivity index (χ4n) is 5.01. The van der Waals surface area contributed by atoms with Crippen molar-refractivity contribution >= 4 is 11.7 Å². The van der Waals surface area contributed by atoms with Crippen LogP contribution in [-0.2, 0) is 11.2 Å². The summed E-state index contributed by atoms with van der Waals surface area (Å²) in [6.45, 7) is 7.49. The molecule has 5 rings (SSSR count). The number of ether oxygens (including phenoxy) is 1. The van der Waals surface area contributed by atoms with Crippen LogP contribution in [0.3, 0.4) is 0 Å². The lowest BCUT2D eigenvalue weighted by Crippen LogP contribution is -2.52. The third-order valence-corrected chi connectivity index (χ3v) is 7.24. The number of oxazole rings is 1. The molecular formula is C29H32N2O4. The van der Waals surface area contributed by atoms with Crippen molar-refractivity contribution in [3.8, 4) is 17.1 Å². The molecule has 0 bridgehead atoms. The Balaban J connectivity index is 1.15. The Morgan fingerprint density at radius 1 is 1.11 bits per heavy atom. The minimum Gasteiger partial charge on any atom is -0.486 e. The molecule has 3 aromatic rings. The monoisotopic (exact) mass is 472 g/mol. The van der Waals surface area contributed by atoms with Gasteiger partial charge in [-0.25, -0.2) is 4.98 Å². The smallest absolute Gasteiger partial charge is 0.223 e. The molecule has 6 heteroatoms. The van der Waals surface area contributed by atoms with Crippen LogP contribution < -0.4 is 4.74 Å². The summed E-state index contributed by atoms with van der Waals surface area (Å²) < 4.78 is 12.2. The Morgan fingerprint density at radius 2 is 1.86 bits per heavy atom. The summed E-state index contributed by atoms with van der Waals surface area (Å²) in [6.07, 6.45) is 4.24. The van der Waals surface area contributed by atoms with Crippen molar-refractivity contribution < 1.29 is 18.7 Å². The van der Waals surface area contributed by atoms with Crippen molar-refractivity contribution in [1.29, 1.82) is 0 Å². The molecule has 1 amide bonds. The first kappa shape index (κ1) is 23.3.